The SMILES string of the molecule is Cc1cc(CN2CCN(C(=O)c3ccc(Oc4ccccc4)cc3)CC2)on1. The number of aromatic nitrogens is 1. The molecule has 0 unspecified atom stereocenters. The van der Waals surface area contributed by atoms with Crippen molar-refractivity contribution in [2.75, 3.05) is 26.2 Å². The molecule has 0 bridgehead atoms. The Morgan fingerprint density at radius 1 is 1.00 bits per heavy atom. The van der Waals surface area contributed by atoms with Crippen LogP contribution in [0.5, 0.6) is 11.5 Å². The summed E-state index contributed by atoms with van der Waals surface area (Å²) in [6.45, 7) is 5.69. The number of hydrogen-bond donors (Lipinski definition) is 0. The van der Waals surface area contributed by atoms with Crippen molar-refractivity contribution in [1.82, 2.24) is 15.0 Å². The number of piperazine rings is 1. The van der Waals surface area contributed by atoms with Crippen LogP contribution in [0.15, 0.2) is 65.2 Å². The summed E-state index contributed by atoms with van der Waals surface area (Å²) in [6, 6.07) is 18.9. The van der Waals surface area contributed by atoms with E-state index in [1.165, 1.54) is 0 Å². The van der Waals surface area contributed by atoms with Crippen molar-refractivity contribution in [2.45, 2.75) is 13.5 Å². The fraction of sp³-hybridized carbons (Fsp3) is 0.273. The third-order valence-corrected chi connectivity index (χ3v) is 4.80. The predicted molar refractivity (Wildman–Crippen MR) is 105 cm³/mol. The number of hydrogen-bond acceptors (Lipinski definition) is 5. The van der Waals surface area contributed by atoms with Gasteiger partial charge in [0.25, 0.3) is 5.91 Å². The molecular formula is C22H23N3O3. The second kappa shape index (κ2) is 8.27. The number of nitrogens with zero attached hydrogens (tertiary/aromatic N) is 3. The third-order valence-electron chi connectivity index (χ3n) is 4.80. The van der Waals surface area contributed by atoms with Gasteiger partial charge < -0.3 is 14.2 Å². The zero-order chi connectivity index (χ0) is 19.3. The van der Waals surface area contributed by atoms with Gasteiger partial charge in [0.2, 0.25) is 0 Å². The van der Waals surface area contributed by atoms with Gasteiger partial charge >= 0.3 is 0 Å². The number of benzene rings is 2. The average molecular weight is 377 g/mol. The van der Waals surface area contributed by atoms with E-state index in [9.17, 15) is 4.79 Å². The molecule has 0 N–H and O–H groups in total. The van der Waals surface area contributed by atoms with Crippen LogP contribution in [0.4, 0.5) is 0 Å². The van der Waals surface area contributed by atoms with Gasteiger partial charge in [-0.3, -0.25) is 9.69 Å². The van der Waals surface area contributed by atoms with Crippen LogP contribution in [0.1, 0.15) is 21.8 Å². The van der Waals surface area contributed by atoms with Crippen LogP contribution in [0, 0.1) is 6.92 Å². The Kier molecular flexibility index (Phi) is 5.39. The van der Waals surface area contributed by atoms with Crippen molar-refractivity contribution in [3.8, 4) is 11.5 Å². The monoisotopic (exact) mass is 377 g/mol. The summed E-state index contributed by atoms with van der Waals surface area (Å²) >= 11 is 0. The lowest BCUT2D eigenvalue weighted by atomic mass is 10.1. The van der Waals surface area contributed by atoms with Crippen LogP contribution >= 0.6 is 0 Å². The number of ether oxygens (including phenoxy) is 1. The highest BCUT2D eigenvalue weighted by molar-refractivity contribution is 5.94. The number of carbonyl (C=O) groups is 1. The lowest BCUT2D eigenvalue weighted by Gasteiger charge is -2.34. The molecule has 2 aromatic carbocycles. The average Bonchev–Trinajstić information content (AvgIpc) is 3.14. The molecule has 4 rings (SSSR count). The van der Waals surface area contributed by atoms with E-state index in [0.29, 0.717) is 18.7 Å². The van der Waals surface area contributed by atoms with E-state index < -0.39 is 0 Å². The van der Waals surface area contributed by atoms with E-state index in [-0.39, 0.29) is 5.91 Å². The minimum Gasteiger partial charge on any atom is -0.457 e. The summed E-state index contributed by atoms with van der Waals surface area (Å²) < 4.78 is 11.1. The van der Waals surface area contributed by atoms with Gasteiger partial charge in [-0.25, -0.2) is 0 Å². The van der Waals surface area contributed by atoms with Gasteiger partial charge in [0.15, 0.2) is 5.76 Å². The normalized spacial score (nSPS) is 14.8. The Morgan fingerprint density at radius 3 is 2.32 bits per heavy atom. The van der Waals surface area contributed by atoms with Gasteiger partial charge in [-0.1, -0.05) is 23.4 Å². The Balaban J connectivity index is 1.31. The molecule has 0 atom stereocenters. The van der Waals surface area contributed by atoms with E-state index in [1.807, 2.05) is 72.5 Å². The predicted octanol–water partition coefficient (Wildman–Crippen LogP) is 3.73. The largest absolute Gasteiger partial charge is 0.457 e. The molecule has 1 amide bonds. The van der Waals surface area contributed by atoms with Crippen LogP contribution in [-0.2, 0) is 6.54 Å². The molecule has 6 nitrogen and oxygen atoms in total. The summed E-state index contributed by atoms with van der Waals surface area (Å²) in [5.74, 6) is 2.42. The molecule has 1 aromatic heterocycles. The molecule has 3 aromatic rings. The lowest BCUT2D eigenvalue weighted by molar-refractivity contribution is 0.0617. The first-order chi connectivity index (χ1) is 13.7. The summed E-state index contributed by atoms with van der Waals surface area (Å²) in [5.41, 5.74) is 1.57. The Bertz CT molecular complexity index is 914. The van der Waals surface area contributed by atoms with Gasteiger partial charge in [-0.15, -0.1) is 0 Å². The highest BCUT2D eigenvalue weighted by atomic mass is 16.5. The number of carbonyl (C=O) groups excluding carboxylic acids is 1. The van der Waals surface area contributed by atoms with Crippen molar-refractivity contribution in [3.05, 3.63) is 77.7 Å². The Labute approximate surface area is 164 Å². The smallest absolute Gasteiger partial charge is 0.253 e. The molecule has 1 fully saturated rings. The van der Waals surface area contributed by atoms with Crippen LogP contribution in [-0.4, -0.2) is 47.0 Å². The molecule has 1 aliphatic heterocycles. The Morgan fingerprint density at radius 2 is 1.68 bits per heavy atom. The van der Waals surface area contributed by atoms with Crippen LogP contribution in [0.3, 0.4) is 0 Å². The fourth-order valence-corrected chi connectivity index (χ4v) is 3.29. The third kappa shape index (κ3) is 4.40. The molecule has 0 spiro atoms. The van der Waals surface area contributed by atoms with Crippen LogP contribution < -0.4 is 4.74 Å². The van der Waals surface area contributed by atoms with Gasteiger partial charge in [0.1, 0.15) is 11.5 Å². The summed E-state index contributed by atoms with van der Waals surface area (Å²) in [4.78, 5) is 17.0. The van der Waals surface area contributed by atoms with Gasteiger partial charge in [-0.05, 0) is 43.3 Å². The van der Waals surface area contributed by atoms with E-state index in [1.54, 1.807) is 0 Å². The van der Waals surface area contributed by atoms with Crippen molar-refractivity contribution in [3.63, 3.8) is 0 Å². The van der Waals surface area contributed by atoms with Gasteiger partial charge in [-0.2, -0.15) is 0 Å². The quantitative estimate of drug-likeness (QED) is 0.678. The van der Waals surface area contributed by atoms with Crippen LogP contribution in [0.25, 0.3) is 0 Å². The van der Waals surface area contributed by atoms with E-state index in [0.717, 1.165) is 42.6 Å². The first-order valence-electron chi connectivity index (χ1n) is 9.44. The molecule has 1 saturated heterocycles. The first kappa shape index (κ1) is 18.3. The van der Waals surface area contributed by atoms with E-state index in [2.05, 4.69) is 10.1 Å². The van der Waals surface area contributed by atoms with Crippen molar-refractivity contribution >= 4 is 5.91 Å². The summed E-state index contributed by atoms with van der Waals surface area (Å²) in [7, 11) is 0. The standard InChI is InChI=1S/C22H23N3O3/c1-17-15-21(28-23-17)16-24-11-13-25(14-12-24)22(26)18-7-9-20(10-8-18)27-19-5-3-2-4-6-19/h2-10,15H,11-14,16H2,1H3. The molecule has 28 heavy (non-hydrogen) atoms. The van der Waals surface area contributed by atoms with Crippen LogP contribution in [0.2, 0.25) is 0 Å². The van der Waals surface area contributed by atoms with Crippen molar-refractivity contribution < 1.29 is 14.1 Å². The summed E-state index contributed by atoms with van der Waals surface area (Å²) in [6.07, 6.45) is 0. The molecule has 6 heteroatoms. The molecule has 0 aliphatic carbocycles. The molecule has 0 radical (unpaired) electrons. The highest BCUT2D eigenvalue weighted by Gasteiger charge is 2.23. The molecular weight excluding hydrogens is 354 g/mol. The molecule has 144 valence electrons. The minimum absolute atomic E-state index is 0.0569. The second-order valence-electron chi connectivity index (χ2n) is 6.94. The summed E-state index contributed by atoms with van der Waals surface area (Å²) in [5, 5.41) is 3.92. The fourth-order valence-electron chi connectivity index (χ4n) is 3.29. The number of aryl methyl sites for hydroxylation is 1. The zero-order valence-corrected chi connectivity index (χ0v) is 15.9. The molecule has 2 heterocycles. The van der Waals surface area contributed by atoms with E-state index in [4.69, 9.17) is 9.26 Å². The maximum Gasteiger partial charge on any atom is 0.253 e. The van der Waals surface area contributed by atoms with Crippen molar-refractivity contribution in [2.24, 2.45) is 0 Å². The number of amides is 1. The van der Waals surface area contributed by atoms with Crippen molar-refractivity contribution in [1.29, 1.82) is 0 Å². The number of rotatable bonds is 5. The zero-order valence-electron chi connectivity index (χ0n) is 15.9. The maximum atomic E-state index is 12.8. The molecule has 1 aliphatic rings. The van der Waals surface area contributed by atoms with Gasteiger partial charge in [0, 0.05) is 37.8 Å². The molecule has 0 saturated carbocycles. The highest BCUT2D eigenvalue weighted by Crippen LogP contribution is 2.22. The minimum atomic E-state index is 0.0569. The first-order valence-corrected chi connectivity index (χ1v) is 9.44. The maximum absolute atomic E-state index is 12.8. The topological polar surface area (TPSA) is 58.8 Å². The second-order valence-corrected chi connectivity index (χ2v) is 6.94. The van der Waals surface area contributed by atoms with E-state index >= 15 is 0 Å². The lowest BCUT2D eigenvalue weighted by Crippen LogP contribution is -2.48. The number of para-hydroxylation sites is 1. The van der Waals surface area contributed by atoms with Gasteiger partial charge in [0.05, 0.1) is 12.2 Å². The Hall–Kier alpha value is -3.12.